The van der Waals surface area contributed by atoms with Crippen molar-refractivity contribution in [2.75, 3.05) is 0 Å². The predicted octanol–water partition coefficient (Wildman–Crippen LogP) is 3.22. The highest BCUT2D eigenvalue weighted by atomic mass is 79.9. The van der Waals surface area contributed by atoms with E-state index in [1.807, 2.05) is 6.08 Å². The summed E-state index contributed by atoms with van der Waals surface area (Å²) in [7, 11) is 0. The van der Waals surface area contributed by atoms with E-state index in [1.165, 1.54) is 5.57 Å². The first-order valence-corrected chi connectivity index (χ1v) is 9.94. The lowest BCUT2D eigenvalue weighted by molar-refractivity contribution is -0.135. The Morgan fingerprint density at radius 3 is 2.57 bits per heavy atom. The van der Waals surface area contributed by atoms with Crippen molar-refractivity contribution in [2.24, 2.45) is 28.6 Å². The molecule has 0 heterocycles. The molecule has 3 saturated carbocycles. The molecule has 0 spiro atoms. The van der Waals surface area contributed by atoms with Crippen molar-refractivity contribution in [3.63, 3.8) is 0 Å². The molecule has 4 rings (SSSR count). The van der Waals surface area contributed by atoms with Crippen molar-refractivity contribution >= 4 is 21.7 Å². The van der Waals surface area contributed by atoms with Gasteiger partial charge in [-0.2, -0.15) is 0 Å². The van der Waals surface area contributed by atoms with Gasteiger partial charge in [0, 0.05) is 5.41 Å². The Labute approximate surface area is 146 Å². The molecular weight excluding hydrogens is 356 g/mol. The second-order valence-corrected chi connectivity index (χ2v) is 9.92. The number of ketones is 1. The molecule has 8 atom stereocenters. The maximum atomic E-state index is 12.7. The third-order valence-electron chi connectivity index (χ3n) is 7.80. The number of carbonyl (C=O) groups excluding carboxylic acids is 1. The van der Waals surface area contributed by atoms with Gasteiger partial charge in [0.05, 0.1) is 17.0 Å². The fourth-order valence-electron chi connectivity index (χ4n) is 6.38. The number of aliphatic hydroxyl groups excluding tert-OH is 2. The third-order valence-corrected chi connectivity index (χ3v) is 8.59. The first kappa shape index (κ1) is 16.3. The maximum Gasteiger partial charge on any atom is 0.152 e. The number of halogens is 1. The fraction of sp³-hybridized carbons (Fsp3) is 0.842. The molecule has 0 aliphatic heterocycles. The SMILES string of the molecule is C[C@]12CC[C@H](O)CC1=CC(O)C1C2CC[C@]2(C)C(=O)[C@H](Br)CC12. The molecule has 2 N–H and O–H groups in total. The quantitative estimate of drug-likeness (QED) is 0.499. The summed E-state index contributed by atoms with van der Waals surface area (Å²) >= 11 is 3.58. The van der Waals surface area contributed by atoms with Gasteiger partial charge in [-0.1, -0.05) is 41.4 Å². The van der Waals surface area contributed by atoms with E-state index in [-0.39, 0.29) is 33.6 Å². The summed E-state index contributed by atoms with van der Waals surface area (Å²) in [6.45, 7) is 4.45. The molecule has 0 aromatic heterocycles. The minimum Gasteiger partial charge on any atom is -0.393 e. The standard InChI is InChI=1S/C19H27BrO3/c1-18-5-3-11(21)7-10(18)8-15(22)16-12(18)4-6-19(2)13(16)9-14(20)17(19)23/h8,11-16,21-22H,3-7,9H2,1-2H3/t11-,12?,13?,14+,15?,16?,18-,19-/m0/s1. The molecule has 128 valence electrons. The highest BCUT2D eigenvalue weighted by Crippen LogP contribution is 2.64. The molecule has 0 radical (unpaired) electrons. The van der Waals surface area contributed by atoms with E-state index in [4.69, 9.17) is 0 Å². The summed E-state index contributed by atoms with van der Waals surface area (Å²) < 4.78 is 0. The average Bonchev–Trinajstić information content (AvgIpc) is 2.73. The van der Waals surface area contributed by atoms with E-state index in [0.29, 0.717) is 18.1 Å². The summed E-state index contributed by atoms with van der Waals surface area (Å²) in [4.78, 5) is 12.6. The topological polar surface area (TPSA) is 57.5 Å². The van der Waals surface area contributed by atoms with Crippen LogP contribution in [0.25, 0.3) is 0 Å². The lowest BCUT2D eigenvalue weighted by Gasteiger charge is -2.57. The minimum atomic E-state index is -0.469. The molecule has 4 unspecified atom stereocenters. The zero-order valence-electron chi connectivity index (χ0n) is 14.0. The highest BCUT2D eigenvalue weighted by Gasteiger charge is 2.62. The Balaban J connectivity index is 1.75. The van der Waals surface area contributed by atoms with Crippen LogP contribution in [0.4, 0.5) is 0 Å². The van der Waals surface area contributed by atoms with Crippen LogP contribution in [0.15, 0.2) is 11.6 Å². The molecule has 0 aromatic rings. The van der Waals surface area contributed by atoms with E-state index >= 15 is 0 Å². The van der Waals surface area contributed by atoms with Crippen LogP contribution in [-0.4, -0.2) is 33.0 Å². The van der Waals surface area contributed by atoms with Gasteiger partial charge in [-0.3, -0.25) is 4.79 Å². The number of aliphatic hydroxyl groups is 2. The number of hydrogen-bond donors (Lipinski definition) is 2. The van der Waals surface area contributed by atoms with Gasteiger partial charge < -0.3 is 10.2 Å². The zero-order valence-corrected chi connectivity index (χ0v) is 15.6. The zero-order chi connectivity index (χ0) is 16.6. The first-order chi connectivity index (χ1) is 10.8. The number of alkyl halides is 1. The maximum absolute atomic E-state index is 12.7. The van der Waals surface area contributed by atoms with Crippen LogP contribution in [0.1, 0.15) is 52.4 Å². The van der Waals surface area contributed by atoms with Crippen LogP contribution in [0.3, 0.4) is 0 Å². The van der Waals surface area contributed by atoms with Gasteiger partial charge in [-0.15, -0.1) is 0 Å². The van der Waals surface area contributed by atoms with E-state index in [2.05, 4.69) is 29.8 Å². The number of hydrogen-bond acceptors (Lipinski definition) is 3. The summed E-state index contributed by atoms with van der Waals surface area (Å²) in [5, 5.41) is 20.9. The normalized spacial score (nSPS) is 55.7. The minimum absolute atomic E-state index is 0.0465. The largest absolute Gasteiger partial charge is 0.393 e. The fourth-order valence-corrected chi connectivity index (χ4v) is 7.31. The van der Waals surface area contributed by atoms with Gasteiger partial charge in [0.25, 0.3) is 0 Å². The van der Waals surface area contributed by atoms with E-state index < -0.39 is 6.10 Å². The summed E-state index contributed by atoms with van der Waals surface area (Å²) in [5.41, 5.74) is 1.08. The smallest absolute Gasteiger partial charge is 0.152 e. The lowest BCUT2D eigenvalue weighted by Crippen LogP contribution is -2.54. The van der Waals surface area contributed by atoms with Gasteiger partial charge in [-0.25, -0.2) is 0 Å². The molecular formula is C19H27BrO3. The molecule has 4 aliphatic rings. The monoisotopic (exact) mass is 382 g/mol. The average molecular weight is 383 g/mol. The Kier molecular flexibility index (Phi) is 3.65. The summed E-state index contributed by atoms with van der Waals surface area (Å²) in [6.07, 6.45) is 6.69. The van der Waals surface area contributed by atoms with Gasteiger partial charge in [0.1, 0.15) is 0 Å². The number of Topliss-reactive ketones (excluding diaryl/α,β-unsaturated/α-hetero) is 1. The van der Waals surface area contributed by atoms with Gasteiger partial charge in [0.15, 0.2) is 5.78 Å². The number of carbonyl (C=O) groups is 1. The van der Waals surface area contributed by atoms with Gasteiger partial charge >= 0.3 is 0 Å². The molecule has 3 nitrogen and oxygen atoms in total. The second kappa shape index (κ2) is 5.15. The molecule has 0 amide bonds. The Morgan fingerprint density at radius 1 is 1.13 bits per heavy atom. The number of fused-ring (bicyclic) bond motifs is 5. The van der Waals surface area contributed by atoms with Crippen molar-refractivity contribution in [2.45, 2.75) is 69.4 Å². The van der Waals surface area contributed by atoms with E-state index in [0.717, 1.165) is 32.1 Å². The van der Waals surface area contributed by atoms with E-state index in [9.17, 15) is 15.0 Å². The van der Waals surface area contributed by atoms with Gasteiger partial charge in [-0.05, 0) is 61.7 Å². The Bertz CT molecular complexity index is 573. The molecule has 3 fully saturated rings. The van der Waals surface area contributed by atoms with Crippen molar-refractivity contribution in [1.82, 2.24) is 0 Å². The van der Waals surface area contributed by atoms with E-state index in [1.54, 1.807) is 0 Å². The van der Waals surface area contributed by atoms with Crippen LogP contribution < -0.4 is 0 Å². The summed E-state index contributed by atoms with van der Waals surface area (Å²) in [6, 6.07) is 0. The number of rotatable bonds is 0. The molecule has 4 aliphatic carbocycles. The van der Waals surface area contributed by atoms with Crippen molar-refractivity contribution in [3.8, 4) is 0 Å². The second-order valence-electron chi connectivity index (χ2n) is 8.81. The summed E-state index contributed by atoms with van der Waals surface area (Å²) in [5.74, 6) is 1.24. The molecule has 4 heteroatoms. The van der Waals surface area contributed by atoms with Crippen LogP contribution in [0, 0.1) is 28.6 Å². The van der Waals surface area contributed by atoms with Crippen LogP contribution in [-0.2, 0) is 4.79 Å². The first-order valence-electron chi connectivity index (χ1n) is 9.03. The van der Waals surface area contributed by atoms with Crippen LogP contribution in [0.5, 0.6) is 0 Å². The molecule has 23 heavy (non-hydrogen) atoms. The highest BCUT2D eigenvalue weighted by molar-refractivity contribution is 9.10. The van der Waals surface area contributed by atoms with Crippen molar-refractivity contribution in [1.29, 1.82) is 0 Å². The van der Waals surface area contributed by atoms with Crippen molar-refractivity contribution < 1.29 is 15.0 Å². The van der Waals surface area contributed by atoms with Crippen LogP contribution in [0.2, 0.25) is 0 Å². The molecule has 0 bridgehead atoms. The molecule has 0 saturated heterocycles. The van der Waals surface area contributed by atoms with Crippen LogP contribution >= 0.6 is 15.9 Å². The van der Waals surface area contributed by atoms with Gasteiger partial charge in [0.2, 0.25) is 0 Å². The Morgan fingerprint density at radius 2 is 1.83 bits per heavy atom. The molecule has 0 aromatic carbocycles. The Hall–Kier alpha value is -0.190. The third kappa shape index (κ3) is 2.10. The predicted molar refractivity (Wildman–Crippen MR) is 92.2 cm³/mol. The van der Waals surface area contributed by atoms with Crippen molar-refractivity contribution in [3.05, 3.63) is 11.6 Å². The lowest BCUT2D eigenvalue weighted by atomic mass is 9.47.